The normalized spacial score (nSPS) is 28.2. The van der Waals surface area contributed by atoms with Crippen LogP contribution in [0.15, 0.2) is 24.3 Å². The molecule has 1 aromatic carbocycles. The fraction of sp³-hybridized carbons (Fsp3) is 0.625. The first-order valence-corrected chi connectivity index (χ1v) is 10.0. The Kier molecular flexibility index (Phi) is 4.78. The van der Waals surface area contributed by atoms with Crippen LogP contribution in [-0.2, 0) is 0 Å². The van der Waals surface area contributed by atoms with E-state index in [9.17, 15) is 9.90 Å². The predicted molar refractivity (Wildman–Crippen MR) is 86.8 cm³/mol. The topological polar surface area (TPSA) is 75.7 Å². The minimum absolute atomic E-state index is 0.0385. The van der Waals surface area contributed by atoms with E-state index in [1.54, 1.807) is 7.11 Å². The second-order valence-electron chi connectivity index (χ2n) is 6.86. The lowest BCUT2D eigenvalue weighted by Gasteiger charge is -2.44. The highest BCUT2D eigenvalue weighted by Crippen LogP contribution is 2.42. The van der Waals surface area contributed by atoms with Crippen LogP contribution in [0, 0.1) is 0 Å². The predicted octanol–water partition coefficient (Wildman–Crippen LogP) is 2.15. The molecule has 0 aliphatic carbocycles. The van der Waals surface area contributed by atoms with E-state index in [1.165, 1.54) is 0 Å². The molecule has 1 heterocycles. The molecule has 0 saturated carbocycles. The van der Waals surface area contributed by atoms with E-state index >= 15 is 0 Å². The van der Waals surface area contributed by atoms with Crippen molar-refractivity contribution in [3.63, 3.8) is 0 Å². The molecule has 0 aromatic heterocycles. The van der Waals surface area contributed by atoms with Gasteiger partial charge in [-0.05, 0) is 56.5 Å². The molecule has 0 radical (unpaired) electrons. The Hall–Kier alpha value is -0.883. The van der Waals surface area contributed by atoms with Gasteiger partial charge in [0.15, 0.2) is 8.32 Å². The molecule has 0 spiro atoms. The van der Waals surface area contributed by atoms with E-state index in [0.29, 0.717) is 24.9 Å². The number of benzene rings is 1. The number of nitrogens with two attached hydrogens (primary N) is 1. The highest BCUT2D eigenvalue weighted by molar-refractivity contribution is 6.74. The highest BCUT2D eigenvalue weighted by atomic mass is 28.4. The maximum atomic E-state index is 11.3. The second kappa shape index (κ2) is 6.08. The SMILES string of the molecule is COc1ccc(C(C(C)(C)N)[Si]2(O)CCC(O)CC2)cc1. The number of rotatable bonds is 4. The van der Waals surface area contributed by atoms with E-state index < -0.39 is 13.9 Å². The molecule has 1 fully saturated rings. The van der Waals surface area contributed by atoms with Crippen LogP contribution in [0.4, 0.5) is 0 Å². The van der Waals surface area contributed by atoms with Crippen molar-refractivity contribution in [3.8, 4) is 5.75 Å². The van der Waals surface area contributed by atoms with Gasteiger partial charge in [0.1, 0.15) is 5.75 Å². The summed E-state index contributed by atoms with van der Waals surface area (Å²) in [5.74, 6) is 0.806. The lowest BCUT2D eigenvalue weighted by atomic mass is 9.95. The van der Waals surface area contributed by atoms with Crippen molar-refractivity contribution in [2.75, 3.05) is 7.11 Å². The summed E-state index contributed by atoms with van der Waals surface area (Å²) >= 11 is 0. The van der Waals surface area contributed by atoms with E-state index in [0.717, 1.165) is 11.3 Å². The fourth-order valence-electron chi connectivity index (χ4n) is 3.62. The lowest BCUT2D eigenvalue weighted by Crippen LogP contribution is -2.57. The number of methoxy groups -OCH3 is 1. The Labute approximate surface area is 128 Å². The van der Waals surface area contributed by atoms with Crippen molar-refractivity contribution in [1.29, 1.82) is 0 Å². The molecule has 0 bridgehead atoms. The first-order chi connectivity index (χ1) is 9.76. The summed E-state index contributed by atoms with van der Waals surface area (Å²) in [6.07, 6.45) is 1.10. The second-order valence-corrected chi connectivity index (χ2v) is 10.6. The molecular formula is C16H27NO3Si. The molecule has 1 saturated heterocycles. The lowest BCUT2D eigenvalue weighted by molar-refractivity contribution is 0.153. The van der Waals surface area contributed by atoms with Gasteiger partial charge in [-0.25, -0.2) is 0 Å². The zero-order chi connectivity index (χ0) is 15.7. The molecule has 2 rings (SSSR count). The van der Waals surface area contributed by atoms with Crippen molar-refractivity contribution in [2.45, 2.75) is 56.0 Å². The molecule has 0 amide bonds. The van der Waals surface area contributed by atoms with Crippen molar-refractivity contribution in [1.82, 2.24) is 0 Å². The van der Waals surface area contributed by atoms with Gasteiger partial charge >= 0.3 is 0 Å². The first-order valence-electron chi connectivity index (χ1n) is 7.59. The third-order valence-corrected chi connectivity index (χ3v) is 9.01. The first kappa shape index (κ1) is 16.5. The maximum Gasteiger partial charge on any atom is 0.197 e. The summed E-state index contributed by atoms with van der Waals surface area (Å²) in [6, 6.07) is 9.28. The zero-order valence-electron chi connectivity index (χ0n) is 13.2. The van der Waals surface area contributed by atoms with Crippen molar-refractivity contribution in [2.24, 2.45) is 5.73 Å². The summed E-state index contributed by atoms with van der Waals surface area (Å²) in [4.78, 5) is 11.3. The average molecular weight is 309 g/mol. The Bertz CT molecular complexity index is 461. The van der Waals surface area contributed by atoms with Gasteiger partial charge < -0.3 is 20.4 Å². The van der Waals surface area contributed by atoms with Crippen molar-refractivity contribution in [3.05, 3.63) is 29.8 Å². The molecule has 5 heteroatoms. The summed E-state index contributed by atoms with van der Waals surface area (Å²) in [6.45, 7) is 3.97. The smallest absolute Gasteiger partial charge is 0.197 e. The number of hydrogen-bond donors (Lipinski definition) is 3. The Morgan fingerprint density at radius 3 is 2.19 bits per heavy atom. The molecule has 21 heavy (non-hydrogen) atoms. The van der Waals surface area contributed by atoms with Crippen LogP contribution < -0.4 is 10.5 Å². The van der Waals surface area contributed by atoms with E-state index in [-0.39, 0.29) is 11.6 Å². The van der Waals surface area contributed by atoms with Gasteiger partial charge in [0.2, 0.25) is 0 Å². The van der Waals surface area contributed by atoms with Crippen LogP contribution in [0.2, 0.25) is 12.1 Å². The molecular weight excluding hydrogens is 282 g/mol. The standard InChI is InChI=1S/C16H27NO3Si/c1-16(2,17)15(12-4-6-14(20-3)7-5-12)21(19)10-8-13(18)9-11-21/h4-7,13,15,18-19H,8-11,17H2,1-3H3. The van der Waals surface area contributed by atoms with E-state index in [1.807, 2.05) is 38.1 Å². The van der Waals surface area contributed by atoms with Gasteiger partial charge in [-0.2, -0.15) is 0 Å². The van der Waals surface area contributed by atoms with Gasteiger partial charge in [0.05, 0.1) is 13.2 Å². The number of ether oxygens (including phenoxy) is 1. The Balaban J connectivity index is 2.34. The van der Waals surface area contributed by atoms with Gasteiger partial charge in [0, 0.05) is 11.1 Å². The largest absolute Gasteiger partial charge is 0.497 e. The zero-order valence-corrected chi connectivity index (χ0v) is 14.2. The van der Waals surface area contributed by atoms with Gasteiger partial charge in [-0.15, -0.1) is 0 Å². The summed E-state index contributed by atoms with van der Waals surface area (Å²) in [7, 11) is -0.894. The molecule has 4 N–H and O–H groups in total. The van der Waals surface area contributed by atoms with Gasteiger partial charge in [-0.3, -0.25) is 0 Å². The minimum Gasteiger partial charge on any atom is -0.497 e. The third kappa shape index (κ3) is 3.66. The van der Waals surface area contributed by atoms with Gasteiger partial charge in [0.25, 0.3) is 0 Å². The van der Waals surface area contributed by atoms with Crippen LogP contribution in [0.25, 0.3) is 0 Å². The van der Waals surface area contributed by atoms with E-state index in [2.05, 4.69) is 0 Å². The average Bonchev–Trinajstić information content (AvgIpc) is 2.42. The van der Waals surface area contributed by atoms with E-state index in [4.69, 9.17) is 10.5 Å². The summed E-state index contributed by atoms with van der Waals surface area (Å²) in [5.41, 5.74) is 6.96. The highest BCUT2D eigenvalue weighted by Gasteiger charge is 2.49. The fourth-order valence-corrected chi connectivity index (χ4v) is 8.31. The van der Waals surface area contributed by atoms with Crippen LogP contribution in [0.1, 0.15) is 37.8 Å². The third-order valence-electron chi connectivity index (χ3n) is 4.55. The van der Waals surface area contributed by atoms with Crippen LogP contribution in [0.3, 0.4) is 0 Å². The Morgan fingerprint density at radius 2 is 1.76 bits per heavy atom. The number of hydrogen-bond acceptors (Lipinski definition) is 4. The Morgan fingerprint density at radius 1 is 1.24 bits per heavy atom. The summed E-state index contributed by atoms with van der Waals surface area (Å²) < 4.78 is 5.20. The molecule has 1 aromatic rings. The van der Waals surface area contributed by atoms with Crippen molar-refractivity contribution < 1.29 is 14.6 Å². The maximum absolute atomic E-state index is 11.3. The molecule has 4 nitrogen and oxygen atoms in total. The van der Waals surface area contributed by atoms with Crippen molar-refractivity contribution >= 4 is 8.32 Å². The van der Waals surface area contributed by atoms with Crippen LogP contribution in [-0.4, -0.2) is 37.0 Å². The minimum atomic E-state index is -2.54. The molecule has 118 valence electrons. The molecule has 1 aliphatic rings. The molecule has 1 unspecified atom stereocenters. The molecule has 1 aliphatic heterocycles. The van der Waals surface area contributed by atoms with Crippen LogP contribution >= 0.6 is 0 Å². The number of aliphatic hydroxyl groups excluding tert-OH is 1. The summed E-state index contributed by atoms with van der Waals surface area (Å²) in [5, 5.41) is 9.73. The van der Waals surface area contributed by atoms with Gasteiger partial charge in [-0.1, -0.05) is 12.1 Å². The van der Waals surface area contributed by atoms with Crippen LogP contribution in [0.5, 0.6) is 5.75 Å². The quantitative estimate of drug-likeness (QED) is 0.745. The monoisotopic (exact) mass is 309 g/mol. The molecule has 1 atom stereocenters. The number of aliphatic hydroxyl groups is 1.